The number of carbonyl (C=O) groups excluding carboxylic acids is 2. The molecule has 0 bridgehead atoms. The van der Waals surface area contributed by atoms with Gasteiger partial charge in [0.05, 0.1) is 29.0 Å². The number of halogens is 1. The van der Waals surface area contributed by atoms with Crippen LogP contribution in [0.3, 0.4) is 0 Å². The summed E-state index contributed by atoms with van der Waals surface area (Å²) in [6, 6.07) is 13.3. The van der Waals surface area contributed by atoms with Crippen LogP contribution < -0.4 is 4.90 Å². The minimum Gasteiger partial charge on any atom is -0.465 e. The fraction of sp³-hybridized carbons (Fsp3) is 0.370. The van der Waals surface area contributed by atoms with Crippen LogP contribution in [-0.4, -0.2) is 80.9 Å². The molecule has 2 fully saturated rings. The topological polar surface area (TPSA) is 100 Å². The van der Waals surface area contributed by atoms with Crippen molar-refractivity contribution in [2.75, 3.05) is 51.3 Å². The second-order valence-corrected chi connectivity index (χ2v) is 11.9. The third-order valence-corrected chi connectivity index (χ3v) is 9.37. The van der Waals surface area contributed by atoms with Gasteiger partial charge in [-0.05, 0) is 61.4 Å². The second-order valence-electron chi connectivity index (χ2n) is 9.52. The molecule has 1 atom stereocenters. The zero-order chi connectivity index (χ0) is 26.9. The van der Waals surface area contributed by atoms with Gasteiger partial charge in [-0.3, -0.25) is 9.78 Å². The van der Waals surface area contributed by atoms with Crippen molar-refractivity contribution in [1.82, 2.24) is 14.2 Å². The highest BCUT2D eigenvalue weighted by Gasteiger charge is 2.36. The third-order valence-electron chi connectivity index (χ3n) is 7.26. The number of hydrogen-bond donors (Lipinski definition) is 0. The van der Waals surface area contributed by atoms with Crippen LogP contribution >= 0.6 is 11.6 Å². The minimum atomic E-state index is -3.79. The fourth-order valence-electron chi connectivity index (χ4n) is 5.20. The standard InChI is InChI=1S/C27H29ClN4O5S/c1-37-27(34)19-4-7-22(8-5-19)38(35,36)32-12-2-3-20(18-32)26(33)31-15-13-30(14-16-31)25-10-11-29-24-17-21(28)6-9-23(24)25/h4-11,17,20H,2-3,12-16,18H2,1H3. The van der Waals surface area contributed by atoms with Crippen LogP contribution in [0.5, 0.6) is 0 Å². The van der Waals surface area contributed by atoms with Crippen molar-refractivity contribution in [1.29, 1.82) is 0 Å². The Morgan fingerprint density at radius 3 is 2.45 bits per heavy atom. The molecule has 3 aromatic rings. The molecule has 5 rings (SSSR count). The van der Waals surface area contributed by atoms with Gasteiger partial charge in [-0.15, -0.1) is 0 Å². The van der Waals surface area contributed by atoms with E-state index >= 15 is 0 Å². The lowest BCUT2D eigenvalue weighted by molar-refractivity contribution is -0.137. The van der Waals surface area contributed by atoms with Crippen LogP contribution in [0.4, 0.5) is 5.69 Å². The molecule has 2 aromatic carbocycles. The number of fused-ring (bicyclic) bond motifs is 1. The SMILES string of the molecule is COC(=O)c1ccc(S(=O)(=O)N2CCCC(C(=O)N3CCN(c4ccnc5cc(Cl)ccc45)CC3)C2)cc1. The zero-order valence-corrected chi connectivity index (χ0v) is 22.6. The van der Waals surface area contributed by atoms with E-state index in [2.05, 4.69) is 14.6 Å². The molecule has 0 saturated carbocycles. The Hall–Kier alpha value is -3.21. The van der Waals surface area contributed by atoms with Gasteiger partial charge in [0.1, 0.15) is 0 Å². The molecule has 3 heterocycles. The summed E-state index contributed by atoms with van der Waals surface area (Å²) in [4.78, 5) is 33.7. The number of piperidine rings is 1. The van der Waals surface area contributed by atoms with E-state index in [-0.39, 0.29) is 28.8 Å². The fourth-order valence-corrected chi connectivity index (χ4v) is 6.89. The van der Waals surface area contributed by atoms with Crippen molar-refractivity contribution in [3.05, 3.63) is 65.3 Å². The van der Waals surface area contributed by atoms with Gasteiger partial charge >= 0.3 is 5.97 Å². The number of carbonyl (C=O) groups is 2. The first kappa shape index (κ1) is 26.4. The number of methoxy groups -OCH3 is 1. The molecule has 11 heteroatoms. The summed E-state index contributed by atoms with van der Waals surface area (Å²) in [5, 5.41) is 1.66. The van der Waals surface area contributed by atoms with Crippen molar-refractivity contribution in [3.8, 4) is 0 Å². The molecule has 0 radical (unpaired) electrons. The summed E-state index contributed by atoms with van der Waals surface area (Å²) in [6.45, 7) is 2.99. The normalized spacial score (nSPS) is 18.9. The zero-order valence-electron chi connectivity index (χ0n) is 21.0. The summed E-state index contributed by atoms with van der Waals surface area (Å²) in [5.74, 6) is -0.917. The molecule has 1 aromatic heterocycles. The Labute approximate surface area is 227 Å². The predicted octanol–water partition coefficient (Wildman–Crippen LogP) is 3.42. The van der Waals surface area contributed by atoms with Crippen molar-refractivity contribution in [2.24, 2.45) is 5.92 Å². The van der Waals surface area contributed by atoms with E-state index in [1.165, 1.54) is 35.7 Å². The van der Waals surface area contributed by atoms with Crippen molar-refractivity contribution in [3.63, 3.8) is 0 Å². The summed E-state index contributed by atoms with van der Waals surface area (Å²) in [5.41, 5.74) is 2.17. The average molecular weight is 557 g/mol. The van der Waals surface area contributed by atoms with E-state index < -0.39 is 16.0 Å². The smallest absolute Gasteiger partial charge is 0.337 e. The van der Waals surface area contributed by atoms with Crippen LogP contribution in [-0.2, 0) is 19.6 Å². The number of hydrogen-bond acceptors (Lipinski definition) is 7. The van der Waals surface area contributed by atoms with Crippen LogP contribution in [0.2, 0.25) is 5.02 Å². The number of piperazine rings is 1. The number of rotatable bonds is 5. The molecule has 1 unspecified atom stereocenters. The van der Waals surface area contributed by atoms with Gasteiger partial charge in [0, 0.05) is 61.6 Å². The number of benzene rings is 2. The van der Waals surface area contributed by atoms with Gasteiger partial charge < -0.3 is 14.5 Å². The van der Waals surface area contributed by atoms with E-state index in [0.717, 1.165) is 16.6 Å². The highest BCUT2D eigenvalue weighted by Crippen LogP contribution is 2.29. The molecule has 2 saturated heterocycles. The van der Waals surface area contributed by atoms with Crippen LogP contribution in [0.1, 0.15) is 23.2 Å². The third kappa shape index (κ3) is 5.21. The Kier molecular flexibility index (Phi) is 7.56. The van der Waals surface area contributed by atoms with Crippen LogP contribution in [0, 0.1) is 5.92 Å². The molecule has 38 heavy (non-hydrogen) atoms. The van der Waals surface area contributed by atoms with Crippen molar-refractivity contribution < 1.29 is 22.7 Å². The van der Waals surface area contributed by atoms with Crippen LogP contribution in [0.25, 0.3) is 10.9 Å². The predicted molar refractivity (Wildman–Crippen MR) is 145 cm³/mol. The highest BCUT2D eigenvalue weighted by atomic mass is 35.5. The number of nitrogens with zero attached hydrogens (tertiary/aromatic N) is 4. The van der Waals surface area contributed by atoms with E-state index in [0.29, 0.717) is 50.6 Å². The van der Waals surface area contributed by atoms with Crippen molar-refractivity contribution >= 4 is 50.1 Å². The lowest BCUT2D eigenvalue weighted by Crippen LogP contribution is -2.53. The summed E-state index contributed by atoms with van der Waals surface area (Å²) < 4.78 is 32.6. The number of ether oxygens (including phenoxy) is 1. The Morgan fingerprint density at radius 2 is 1.74 bits per heavy atom. The summed E-state index contributed by atoms with van der Waals surface area (Å²) >= 11 is 6.13. The summed E-state index contributed by atoms with van der Waals surface area (Å²) in [6.07, 6.45) is 3.04. The number of aromatic nitrogens is 1. The van der Waals surface area contributed by atoms with Gasteiger partial charge in [-0.1, -0.05) is 11.6 Å². The lowest BCUT2D eigenvalue weighted by atomic mass is 9.97. The second kappa shape index (κ2) is 10.9. The molecule has 2 aliphatic heterocycles. The number of amides is 1. The quantitative estimate of drug-likeness (QED) is 0.444. The molecule has 200 valence electrons. The number of sulfonamides is 1. The molecule has 0 aliphatic carbocycles. The van der Waals surface area contributed by atoms with Crippen LogP contribution in [0.15, 0.2) is 59.6 Å². The van der Waals surface area contributed by atoms with Gasteiger partial charge in [0.25, 0.3) is 0 Å². The summed E-state index contributed by atoms with van der Waals surface area (Å²) in [7, 11) is -2.52. The maximum Gasteiger partial charge on any atom is 0.337 e. The maximum absolute atomic E-state index is 13.4. The highest BCUT2D eigenvalue weighted by molar-refractivity contribution is 7.89. The van der Waals surface area contributed by atoms with Gasteiger partial charge in [-0.2, -0.15) is 4.31 Å². The van der Waals surface area contributed by atoms with Gasteiger partial charge in [-0.25, -0.2) is 13.2 Å². The molecular weight excluding hydrogens is 528 g/mol. The van der Waals surface area contributed by atoms with Gasteiger partial charge in [0.15, 0.2) is 0 Å². The minimum absolute atomic E-state index is 0.00282. The number of esters is 1. The molecule has 0 N–H and O–H groups in total. The molecule has 1 amide bonds. The molecular formula is C27H29ClN4O5S. The van der Waals surface area contributed by atoms with E-state index in [4.69, 9.17) is 11.6 Å². The largest absolute Gasteiger partial charge is 0.465 e. The number of anilines is 1. The average Bonchev–Trinajstić information content (AvgIpc) is 2.96. The molecule has 0 spiro atoms. The van der Waals surface area contributed by atoms with E-state index in [9.17, 15) is 18.0 Å². The lowest BCUT2D eigenvalue weighted by Gasteiger charge is -2.39. The Morgan fingerprint density at radius 1 is 1.00 bits per heavy atom. The molecule has 9 nitrogen and oxygen atoms in total. The Balaban J connectivity index is 1.23. The molecule has 2 aliphatic rings. The first-order chi connectivity index (χ1) is 18.3. The van der Waals surface area contributed by atoms with E-state index in [1.54, 1.807) is 6.20 Å². The Bertz CT molecular complexity index is 1460. The maximum atomic E-state index is 13.4. The van der Waals surface area contributed by atoms with Gasteiger partial charge in [0.2, 0.25) is 15.9 Å². The first-order valence-electron chi connectivity index (χ1n) is 12.5. The monoisotopic (exact) mass is 556 g/mol. The first-order valence-corrected chi connectivity index (χ1v) is 14.4. The van der Waals surface area contributed by atoms with E-state index in [1.807, 2.05) is 29.2 Å². The van der Waals surface area contributed by atoms with Crippen molar-refractivity contribution in [2.45, 2.75) is 17.7 Å². The number of pyridine rings is 1.